The first-order valence-electron chi connectivity index (χ1n) is 10.1. The molecular weight excluding hydrogens is 396 g/mol. The van der Waals surface area contributed by atoms with Crippen LogP contribution in [-0.4, -0.2) is 31.8 Å². The molecule has 0 radical (unpaired) electrons. The van der Waals surface area contributed by atoms with Gasteiger partial charge >= 0.3 is 0 Å². The van der Waals surface area contributed by atoms with Gasteiger partial charge in [0.15, 0.2) is 5.69 Å². The molecule has 0 aliphatic heterocycles. The minimum Gasteiger partial charge on any atom is -0.277 e. The fourth-order valence-corrected chi connectivity index (χ4v) is 3.46. The number of unbranched alkanes of at least 4 members (excludes halogenated alkanes) is 2. The van der Waals surface area contributed by atoms with Gasteiger partial charge in [0.05, 0.1) is 22.7 Å². The fraction of sp³-hybridized carbons (Fsp3) is 0.227. The number of aromatic nitrogens is 4. The Hall–Kier alpha value is -4.01. The molecule has 4 rings (SSSR count). The summed E-state index contributed by atoms with van der Waals surface area (Å²) in [5.41, 5.74) is 5.58. The predicted molar refractivity (Wildman–Crippen MR) is 117 cm³/mol. The van der Waals surface area contributed by atoms with E-state index in [0.717, 1.165) is 24.6 Å². The van der Waals surface area contributed by atoms with Crippen molar-refractivity contribution in [2.75, 3.05) is 0 Å². The normalized spacial score (nSPS) is 11.0. The highest BCUT2D eigenvalue weighted by Gasteiger charge is 2.18. The molecule has 2 amide bonds. The van der Waals surface area contributed by atoms with Crippen LogP contribution in [0.3, 0.4) is 0 Å². The van der Waals surface area contributed by atoms with E-state index in [1.54, 1.807) is 42.6 Å². The summed E-state index contributed by atoms with van der Waals surface area (Å²) in [5, 5.41) is 12.6. The number of aryl methyl sites for hydroxylation is 1. The zero-order chi connectivity index (χ0) is 21.8. The number of para-hydroxylation sites is 1. The van der Waals surface area contributed by atoms with Gasteiger partial charge in [0.25, 0.3) is 17.4 Å². The second-order valence-electron chi connectivity index (χ2n) is 7.18. The van der Waals surface area contributed by atoms with E-state index in [1.165, 1.54) is 4.68 Å². The van der Waals surface area contributed by atoms with Crippen molar-refractivity contribution in [1.29, 1.82) is 0 Å². The molecule has 158 valence electrons. The molecule has 9 nitrogen and oxygen atoms in total. The van der Waals surface area contributed by atoms with Gasteiger partial charge in [-0.2, -0.15) is 10.2 Å². The Morgan fingerprint density at radius 3 is 2.58 bits per heavy atom. The number of carbonyl (C=O) groups is 2. The number of H-pyrrole nitrogens is 1. The SMILES string of the molecule is CCCCCn1nc(C(=O)NNC(=O)c2cccc3cn[nH]c23)c2ccccc2c1=O. The van der Waals surface area contributed by atoms with Crippen molar-refractivity contribution in [3.8, 4) is 0 Å². The smallest absolute Gasteiger partial charge is 0.277 e. The molecule has 9 heteroatoms. The third-order valence-corrected chi connectivity index (χ3v) is 5.07. The minimum atomic E-state index is -0.606. The number of aromatic amines is 1. The number of fused-ring (bicyclic) bond motifs is 2. The van der Waals surface area contributed by atoms with Crippen molar-refractivity contribution in [3.05, 3.63) is 70.3 Å². The molecule has 0 atom stereocenters. The Bertz CT molecular complexity index is 1320. The van der Waals surface area contributed by atoms with Crippen LogP contribution < -0.4 is 16.4 Å². The maximum atomic E-state index is 12.9. The van der Waals surface area contributed by atoms with Gasteiger partial charge in [-0.05, 0) is 18.6 Å². The van der Waals surface area contributed by atoms with Crippen LogP contribution in [0, 0.1) is 0 Å². The van der Waals surface area contributed by atoms with Crippen LogP contribution in [-0.2, 0) is 6.54 Å². The minimum absolute atomic E-state index is 0.0757. The summed E-state index contributed by atoms with van der Waals surface area (Å²) in [7, 11) is 0. The Kier molecular flexibility index (Phi) is 5.74. The molecule has 3 N–H and O–H groups in total. The Morgan fingerprint density at radius 1 is 1.00 bits per heavy atom. The highest BCUT2D eigenvalue weighted by atomic mass is 16.2. The maximum Gasteiger partial charge on any atom is 0.290 e. The molecule has 0 unspecified atom stereocenters. The van der Waals surface area contributed by atoms with E-state index >= 15 is 0 Å². The van der Waals surface area contributed by atoms with E-state index in [1.807, 2.05) is 6.07 Å². The van der Waals surface area contributed by atoms with Crippen LogP contribution in [0.5, 0.6) is 0 Å². The summed E-state index contributed by atoms with van der Waals surface area (Å²) in [6.45, 7) is 2.49. The molecule has 2 aromatic carbocycles. The van der Waals surface area contributed by atoms with Crippen molar-refractivity contribution < 1.29 is 9.59 Å². The zero-order valence-corrected chi connectivity index (χ0v) is 17.0. The van der Waals surface area contributed by atoms with Crippen LogP contribution in [0.1, 0.15) is 47.0 Å². The molecule has 0 fully saturated rings. The zero-order valence-electron chi connectivity index (χ0n) is 17.0. The number of rotatable bonds is 6. The predicted octanol–water partition coefficient (Wildman–Crippen LogP) is 2.54. The van der Waals surface area contributed by atoms with E-state index in [9.17, 15) is 14.4 Å². The Balaban J connectivity index is 1.59. The van der Waals surface area contributed by atoms with Crippen LogP contribution in [0.2, 0.25) is 0 Å². The van der Waals surface area contributed by atoms with Gasteiger partial charge in [-0.15, -0.1) is 0 Å². The van der Waals surface area contributed by atoms with Gasteiger partial charge in [-0.1, -0.05) is 50.1 Å². The quantitative estimate of drug-likeness (QED) is 0.328. The highest BCUT2D eigenvalue weighted by molar-refractivity contribution is 6.08. The maximum absolute atomic E-state index is 12.9. The van der Waals surface area contributed by atoms with Gasteiger partial charge in [-0.3, -0.25) is 30.3 Å². The number of hydrogen-bond donors (Lipinski definition) is 3. The van der Waals surface area contributed by atoms with E-state index in [2.05, 4.69) is 33.1 Å². The number of benzene rings is 2. The van der Waals surface area contributed by atoms with E-state index in [-0.39, 0.29) is 11.3 Å². The number of nitrogens with one attached hydrogen (secondary N) is 3. The molecule has 31 heavy (non-hydrogen) atoms. The lowest BCUT2D eigenvalue weighted by molar-refractivity contribution is 0.0844. The van der Waals surface area contributed by atoms with Crippen LogP contribution in [0.25, 0.3) is 21.7 Å². The van der Waals surface area contributed by atoms with Gasteiger partial charge < -0.3 is 0 Å². The third-order valence-electron chi connectivity index (χ3n) is 5.07. The number of hydrogen-bond acceptors (Lipinski definition) is 5. The summed E-state index contributed by atoms with van der Waals surface area (Å²) in [6, 6.07) is 12.0. The molecule has 0 bridgehead atoms. The average molecular weight is 418 g/mol. The van der Waals surface area contributed by atoms with Crippen molar-refractivity contribution >= 4 is 33.5 Å². The number of hydrazine groups is 1. The van der Waals surface area contributed by atoms with Crippen molar-refractivity contribution in [3.63, 3.8) is 0 Å². The molecule has 2 heterocycles. The first-order valence-corrected chi connectivity index (χ1v) is 10.1. The lowest BCUT2D eigenvalue weighted by atomic mass is 10.1. The van der Waals surface area contributed by atoms with Gasteiger partial charge in [-0.25, -0.2) is 4.68 Å². The van der Waals surface area contributed by atoms with Gasteiger partial charge in [0.2, 0.25) is 0 Å². The second-order valence-corrected chi connectivity index (χ2v) is 7.18. The monoisotopic (exact) mass is 418 g/mol. The summed E-state index contributed by atoms with van der Waals surface area (Å²) >= 11 is 0. The summed E-state index contributed by atoms with van der Waals surface area (Å²) < 4.78 is 1.32. The van der Waals surface area contributed by atoms with E-state index < -0.39 is 11.8 Å². The molecule has 0 saturated carbocycles. The highest BCUT2D eigenvalue weighted by Crippen LogP contribution is 2.16. The van der Waals surface area contributed by atoms with Gasteiger partial charge in [0, 0.05) is 17.3 Å². The van der Waals surface area contributed by atoms with Crippen molar-refractivity contribution in [2.45, 2.75) is 32.7 Å². The number of carbonyl (C=O) groups excluding carboxylic acids is 2. The van der Waals surface area contributed by atoms with E-state index in [0.29, 0.717) is 28.4 Å². The first kappa shape index (κ1) is 20.3. The standard InChI is InChI=1S/C22H22N6O3/c1-2-3-6-12-28-22(31)16-10-5-4-9-15(16)19(27-28)21(30)26-25-20(29)17-11-7-8-14-13-23-24-18(14)17/h4-5,7-11,13H,2-3,6,12H2,1H3,(H,23,24)(H,25,29)(H,26,30). The molecule has 2 aromatic heterocycles. The number of amides is 2. The molecule has 0 saturated heterocycles. The lowest BCUT2D eigenvalue weighted by Crippen LogP contribution is -2.43. The topological polar surface area (TPSA) is 122 Å². The number of nitrogens with zero attached hydrogens (tertiary/aromatic N) is 3. The molecule has 0 aliphatic carbocycles. The second kappa shape index (κ2) is 8.78. The molecule has 0 aliphatic rings. The lowest BCUT2D eigenvalue weighted by Gasteiger charge is -2.12. The molecular formula is C22H22N6O3. The van der Waals surface area contributed by atoms with Crippen molar-refractivity contribution in [2.24, 2.45) is 0 Å². The van der Waals surface area contributed by atoms with Crippen LogP contribution >= 0.6 is 0 Å². The first-order chi connectivity index (χ1) is 15.1. The van der Waals surface area contributed by atoms with Gasteiger partial charge in [0.1, 0.15) is 0 Å². The average Bonchev–Trinajstić information content (AvgIpc) is 3.28. The van der Waals surface area contributed by atoms with Crippen LogP contribution in [0.15, 0.2) is 53.5 Å². The van der Waals surface area contributed by atoms with Crippen LogP contribution in [0.4, 0.5) is 0 Å². The summed E-state index contributed by atoms with van der Waals surface area (Å²) in [6.07, 6.45) is 4.36. The summed E-state index contributed by atoms with van der Waals surface area (Å²) in [4.78, 5) is 38.2. The third kappa shape index (κ3) is 4.02. The van der Waals surface area contributed by atoms with Crippen molar-refractivity contribution in [1.82, 2.24) is 30.8 Å². The molecule has 4 aromatic rings. The summed E-state index contributed by atoms with van der Waals surface area (Å²) in [5.74, 6) is -1.10. The Labute approximate surface area is 177 Å². The molecule has 0 spiro atoms. The largest absolute Gasteiger partial charge is 0.290 e. The Morgan fingerprint density at radius 2 is 1.77 bits per heavy atom. The fourth-order valence-electron chi connectivity index (χ4n) is 3.46. The van der Waals surface area contributed by atoms with E-state index in [4.69, 9.17) is 0 Å².